The highest BCUT2D eigenvalue weighted by Gasteiger charge is 2.22. The quantitative estimate of drug-likeness (QED) is 0.619. The number of hydrogen-bond donors (Lipinski definition) is 0. The van der Waals surface area contributed by atoms with E-state index < -0.39 is 10.8 Å². The Bertz CT molecular complexity index is 749. The first-order valence-corrected chi connectivity index (χ1v) is 7.13. The lowest BCUT2D eigenvalue weighted by atomic mass is 10.1. The highest BCUT2D eigenvalue weighted by molar-refractivity contribution is 6.30. The number of halogens is 1. The molecule has 0 bridgehead atoms. The molecule has 0 aliphatic carbocycles. The van der Waals surface area contributed by atoms with Gasteiger partial charge >= 0.3 is 0 Å². The van der Waals surface area contributed by atoms with Crippen LogP contribution in [0.5, 0.6) is 5.75 Å². The van der Waals surface area contributed by atoms with E-state index in [4.69, 9.17) is 16.3 Å². The van der Waals surface area contributed by atoms with Crippen molar-refractivity contribution in [3.8, 4) is 5.75 Å². The molecule has 0 radical (unpaired) electrons. The summed E-state index contributed by atoms with van der Waals surface area (Å²) in [5, 5.41) is 11.6. The average Bonchev–Trinajstić information content (AvgIpc) is 2.54. The molecule has 0 fully saturated rings. The van der Waals surface area contributed by atoms with Crippen LogP contribution in [0.15, 0.2) is 42.5 Å². The van der Waals surface area contributed by atoms with Gasteiger partial charge in [-0.25, -0.2) is 0 Å². The number of rotatable bonds is 5. The number of hydrogen-bond acceptors (Lipinski definition) is 4. The van der Waals surface area contributed by atoms with E-state index in [1.54, 1.807) is 31.3 Å². The molecule has 7 heteroatoms. The molecule has 0 unspecified atom stereocenters. The second-order valence-electron chi connectivity index (χ2n) is 4.89. The number of methoxy groups -OCH3 is 1. The van der Waals surface area contributed by atoms with Crippen molar-refractivity contribution in [3.05, 3.63) is 68.7 Å². The van der Waals surface area contributed by atoms with Crippen LogP contribution in [-0.2, 0) is 6.54 Å². The van der Waals surface area contributed by atoms with Crippen molar-refractivity contribution in [2.24, 2.45) is 0 Å². The van der Waals surface area contributed by atoms with E-state index in [-0.39, 0.29) is 17.8 Å². The zero-order valence-electron chi connectivity index (χ0n) is 12.7. The van der Waals surface area contributed by atoms with Crippen LogP contribution in [0.4, 0.5) is 5.69 Å². The Hall–Kier alpha value is -2.60. The number of para-hydroxylation sites is 1. The summed E-state index contributed by atoms with van der Waals surface area (Å²) < 4.78 is 5.24. The Kier molecular flexibility index (Phi) is 5.18. The van der Waals surface area contributed by atoms with Crippen LogP contribution in [0.2, 0.25) is 5.02 Å². The van der Waals surface area contributed by atoms with Crippen molar-refractivity contribution in [2.45, 2.75) is 6.54 Å². The number of benzene rings is 2. The van der Waals surface area contributed by atoms with Gasteiger partial charge in [0, 0.05) is 30.2 Å². The Morgan fingerprint density at radius 3 is 2.65 bits per heavy atom. The number of nitro benzene ring substituents is 1. The standard InChI is InChI=1S/C16H15ClN2O4/c1-18(10-11-9-12(17)7-8-15(11)23-2)16(20)13-5-3-4-6-14(13)19(21)22/h3-9H,10H2,1-2H3. The van der Waals surface area contributed by atoms with E-state index in [0.717, 1.165) is 5.56 Å². The molecule has 23 heavy (non-hydrogen) atoms. The summed E-state index contributed by atoms with van der Waals surface area (Å²) in [6.45, 7) is 0.217. The molecule has 6 nitrogen and oxygen atoms in total. The van der Waals surface area contributed by atoms with Crippen LogP contribution in [-0.4, -0.2) is 29.9 Å². The number of nitro groups is 1. The normalized spacial score (nSPS) is 10.2. The first-order chi connectivity index (χ1) is 10.9. The number of carbonyl (C=O) groups excluding carboxylic acids is 1. The van der Waals surface area contributed by atoms with Crippen molar-refractivity contribution >= 4 is 23.2 Å². The number of carbonyl (C=O) groups is 1. The lowest BCUT2D eigenvalue weighted by Gasteiger charge is -2.19. The van der Waals surface area contributed by atoms with Crippen LogP contribution in [0.1, 0.15) is 15.9 Å². The van der Waals surface area contributed by atoms with Gasteiger partial charge in [0.15, 0.2) is 0 Å². The molecule has 0 aliphatic rings. The van der Waals surface area contributed by atoms with Crippen LogP contribution >= 0.6 is 11.6 Å². The summed E-state index contributed by atoms with van der Waals surface area (Å²) in [6.07, 6.45) is 0. The molecule has 0 aromatic heterocycles. The largest absolute Gasteiger partial charge is 0.496 e. The zero-order valence-corrected chi connectivity index (χ0v) is 13.4. The summed E-state index contributed by atoms with van der Waals surface area (Å²) >= 11 is 5.97. The lowest BCUT2D eigenvalue weighted by molar-refractivity contribution is -0.385. The molecule has 2 aromatic rings. The predicted octanol–water partition coefficient (Wildman–Crippen LogP) is 3.53. The molecule has 0 atom stereocenters. The van der Waals surface area contributed by atoms with E-state index in [0.29, 0.717) is 10.8 Å². The van der Waals surface area contributed by atoms with Crippen molar-refractivity contribution in [1.82, 2.24) is 4.90 Å². The average molecular weight is 335 g/mol. The summed E-state index contributed by atoms with van der Waals surface area (Å²) in [5.74, 6) is 0.149. The van der Waals surface area contributed by atoms with Crippen molar-refractivity contribution in [1.29, 1.82) is 0 Å². The van der Waals surface area contributed by atoms with Crippen LogP contribution in [0.3, 0.4) is 0 Å². The second-order valence-corrected chi connectivity index (χ2v) is 5.33. The SMILES string of the molecule is COc1ccc(Cl)cc1CN(C)C(=O)c1ccccc1[N+](=O)[O-]. The van der Waals surface area contributed by atoms with Crippen molar-refractivity contribution in [2.75, 3.05) is 14.2 Å². The fraction of sp³-hybridized carbons (Fsp3) is 0.188. The van der Waals surface area contributed by atoms with Gasteiger partial charge in [0.2, 0.25) is 0 Å². The minimum Gasteiger partial charge on any atom is -0.496 e. The molecule has 120 valence electrons. The van der Waals surface area contributed by atoms with E-state index in [1.165, 1.54) is 30.2 Å². The molecule has 0 saturated carbocycles. The van der Waals surface area contributed by atoms with E-state index in [1.807, 2.05) is 0 Å². The zero-order chi connectivity index (χ0) is 17.0. The lowest BCUT2D eigenvalue weighted by Crippen LogP contribution is -2.27. The van der Waals surface area contributed by atoms with Gasteiger partial charge in [0.25, 0.3) is 11.6 Å². The Morgan fingerprint density at radius 2 is 2.00 bits per heavy atom. The Morgan fingerprint density at radius 1 is 1.30 bits per heavy atom. The van der Waals surface area contributed by atoms with Gasteiger partial charge in [0.05, 0.1) is 12.0 Å². The molecule has 0 heterocycles. The van der Waals surface area contributed by atoms with Crippen LogP contribution < -0.4 is 4.74 Å². The van der Waals surface area contributed by atoms with Gasteiger partial charge < -0.3 is 9.64 Å². The van der Waals surface area contributed by atoms with Gasteiger partial charge in [0.1, 0.15) is 11.3 Å². The maximum atomic E-state index is 12.5. The van der Waals surface area contributed by atoms with Gasteiger partial charge in [-0.05, 0) is 24.3 Å². The Labute approximate surface area is 138 Å². The van der Waals surface area contributed by atoms with E-state index >= 15 is 0 Å². The summed E-state index contributed by atoms with van der Waals surface area (Å²) in [5.41, 5.74) is 0.540. The van der Waals surface area contributed by atoms with Gasteiger partial charge in [-0.1, -0.05) is 23.7 Å². The predicted molar refractivity (Wildman–Crippen MR) is 86.9 cm³/mol. The van der Waals surface area contributed by atoms with Crippen molar-refractivity contribution < 1.29 is 14.5 Å². The molecule has 2 aromatic carbocycles. The van der Waals surface area contributed by atoms with E-state index in [2.05, 4.69) is 0 Å². The summed E-state index contributed by atoms with van der Waals surface area (Å²) in [7, 11) is 3.09. The number of nitrogens with zero attached hydrogens (tertiary/aromatic N) is 2. The minimum absolute atomic E-state index is 0.0426. The third-order valence-corrected chi connectivity index (χ3v) is 3.56. The fourth-order valence-electron chi connectivity index (χ4n) is 2.22. The highest BCUT2D eigenvalue weighted by atomic mass is 35.5. The maximum absolute atomic E-state index is 12.5. The molecule has 0 aliphatic heterocycles. The fourth-order valence-corrected chi connectivity index (χ4v) is 2.41. The summed E-state index contributed by atoms with van der Waals surface area (Å²) in [6, 6.07) is 11.0. The molecule has 2 rings (SSSR count). The van der Waals surface area contributed by atoms with Crippen LogP contribution in [0, 0.1) is 10.1 Å². The third kappa shape index (κ3) is 3.78. The smallest absolute Gasteiger partial charge is 0.282 e. The number of ether oxygens (including phenoxy) is 1. The van der Waals surface area contributed by atoms with E-state index in [9.17, 15) is 14.9 Å². The highest BCUT2D eigenvalue weighted by Crippen LogP contribution is 2.25. The van der Waals surface area contributed by atoms with Crippen LogP contribution in [0.25, 0.3) is 0 Å². The Balaban J connectivity index is 2.28. The van der Waals surface area contributed by atoms with Gasteiger partial charge in [-0.15, -0.1) is 0 Å². The molecule has 0 spiro atoms. The molecule has 0 N–H and O–H groups in total. The molecule has 0 saturated heterocycles. The van der Waals surface area contributed by atoms with Gasteiger partial charge in [-0.3, -0.25) is 14.9 Å². The first kappa shape index (κ1) is 16.8. The molecule has 1 amide bonds. The minimum atomic E-state index is -0.568. The summed E-state index contributed by atoms with van der Waals surface area (Å²) in [4.78, 5) is 24.4. The molecular formula is C16H15ClN2O4. The topological polar surface area (TPSA) is 72.7 Å². The molecular weight excluding hydrogens is 320 g/mol. The first-order valence-electron chi connectivity index (χ1n) is 6.75. The van der Waals surface area contributed by atoms with Crippen molar-refractivity contribution in [3.63, 3.8) is 0 Å². The van der Waals surface area contributed by atoms with Gasteiger partial charge in [-0.2, -0.15) is 0 Å². The third-order valence-electron chi connectivity index (χ3n) is 3.33. The maximum Gasteiger partial charge on any atom is 0.282 e. The monoisotopic (exact) mass is 334 g/mol. The second kappa shape index (κ2) is 7.11. The number of amides is 1.